The zero-order valence-electron chi connectivity index (χ0n) is 19.9. The molecule has 37 heavy (non-hydrogen) atoms. The number of aliphatic hydroxyl groups is 1. The minimum absolute atomic E-state index is 0. The summed E-state index contributed by atoms with van der Waals surface area (Å²) in [5.41, 5.74) is 5.52. The van der Waals surface area contributed by atoms with Crippen LogP contribution in [-0.2, 0) is 25.2 Å². The Labute approximate surface area is 224 Å². The predicted molar refractivity (Wildman–Crippen MR) is 141 cm³/mol. The lowest BCUT2D eigenvalue weighted by molar-refractivity contribution is -0.0573. The van der Waals surface area contributed by atoms with Crippen LogP contribution in [-0.4, -0.2) is 30.9 Å². The summed E-state index contributed by atoms with van der Waals surface area (Å²) >= 11 is 5.96. The van der Waals surface area contributed by atoms with Gasteiger partial charge in [-0.3, -0.25) is 0 Å². The van der Waals surface area contributed by atoms with Crippen molar-refractivity contribution in [2.45, 2.75) is 38.2 Å². The first-order valence-electron chi connectivity index (χ1n) is 11.5. The Morgan fingerprint density at radius 1 is 1.14 bits per heavy atom. The van der Waals surface area contributed by atoms with Crippen molar-refractivity contribution in [3.05, 3.63) is 107 Å². The molecule has 2 heterocycles. The van der Waals surface area contributed by atoms with Gasteiger partial charge in [-0.15, -0.1) is 12.4 Å². The fraction of sp³-hybridized carbons (Fsp3) is 0.231. The average Bonchev–Trinajstić information content (AvgIpc) is 3.52. The minimum Gasteiger partial charge on any atom is -0.381 e. The Hall–Kier alpha value is -3.24. The van der Waals surface area contributed by atoms with E-state index in [4.69, 9.17) is 11.6 Å². The van der Waals surface area contributed by atoms with Crippen molar-refractivity contribution in [2.75, 3.05) is 10.7 Å². The Balaban J connectivity index is 0.00000320. The molecule has 3 N–H and O–H groups in total. The van der Waals surface area contributed by atoms with Gasteiger partial charge in [0.2, 0.25) is 0 Å². The third-order valence-corrected chi connectivity index (χ3v) is 6.80. The minimum atomic E-state index is -1.74. The smallest absolute Gasteiger partial charge is 0.137 e. The maximum atomic E-state index is 14.9. The Kier molecular flexibility index (Phi) is 7.99. The van der Waals surface area contributed by atoms with Crippen molar-refractivity contribution < 1.29 is 13.9 Å². The summed E-state index contributed by atoms with van der Waals surface area (Å²) in [6, 6.07) is 16.2. The highest BCUT2D eigenvalue weighted by Gasteiger charge is 2.43. The maximum Gasteiger partial charge on any atom is 0.137 e. The predicted octanol–water partition coefficient (Wildman–Crippen LogP) is 5.36. The number of anilines is 2. The molecule has 0 saturated carbocycles. The van der Waals surface area contributed by atoms with Gasteiger partial charge < -0.3 is 15.8 Å². The van der Waals surface area contributed by atoms with Crippen LogP contribution in [0.1, 0.15) is 23.6 Å². The second-order valence-corrected chi connectivity index (χ2v) is 9.35. The number of fused-ring (bicyclic) bond motifs is 1. The fourth-order valence-corrected chi connectivity index (χ4v) is 4.59. The molecule has 0 aliphatic carbocycles. The van der Waals surface area contributed by atoms with Crippen LogP contribution in [0.25, 0.3) is 0 Å². The third-order valence-electron chi connectivity index (χ3n) is 6.55. The normalized spacial score (nSPS) is 15.3. The van der Waals surface area contributed by atoms with E-state index in [-0.39, 0.29) is 24.5 Å². The highest BCUT2D eigenvalue weighted by atomic mass is 35.5. The second-order valence-electron chi connectivity index (χ2n) is 8.91. The van der Waals surface area contributed by atoms with Crippen molar-refractivity contribution in [3.8, 4) is 0 Å². The standard InChI is InChI=1S/C26H25ClF2N6O.ClH/c1-17(26(36,14-34-16-30-15-32-34)23-8-6-21(28)11-24(23)29)35-13-19-10-22(7-9-25(19)33-35)31-12-18-2-4-20(27)5-3-18;/h2-11,15-17,31,33,36H,12-14H2,1H3;1H/t17-,26-;/m1./s1. The summed E-state index contributed by atoms with van der Waals surface area (Å²) in [5.74, 6) is -1.53. The summed E-state index contributed by atoms with van der Waals surface area (Å²) in [7, 11) is 0. The molecule has 1 aromatic heterocycles. The molecule has 1 aliphatic rings. The van der Waals surface area contributed by atoms with Crippen LogP contribution in [0.2, 0.25) is 5.02 Å². The maximum absolute atomic E-state index is 14.9. The van der Waals surface area contributed by atoms with Gasteiger partial charge in [0.1, 0.15) is 29.9 Å². The van der Waals surface area contributed by atoms with E-state index in [0.29, 0.717) is 18.1 Å². The molecule has 0 fully saturated rings. The summed E-state index contributed by atoms with van der Waals surface area (Å²) in [4.78, 5) is 3.92. The number of hydrogen-bond donors (Lipinski definition) is 3. The largest absolute Gasteiger partial charge is 0.381 e. The van der Waals surface area contributed by atoms with E-state index in [1.54, 1.807) is 6.92 Å². The van der Waals surface area contributed by atoms with E-state index in [1.807, 2.05) is 47.5 Å². The van der Waals surface area contributed by atoms with Crippen molar-refractivity contribution in [3.63, 3.8) is 0 Å². The Morgan fingerprint density at radius 3 is 2.62 bits per heavy atom. The lowest BCUT2D eigenvalue weighted by Crippen LogP contribution is -2.52. The van der Waals surface area contributed by atoms with Crippen molar-refractivity contribution in [2.24, 2.45) is 0 Å². The van der Waals surface area contributed by atoms with Crippen molar-refractivity contribution in [1.82, 2.24) is 19.8 Å². The molecule has 1 aliphatic heterocycles. The number of halogens is 4. The van der Waals surface area contributed by atoms with Gasteiger partial charge in [0, 0.05) is 35.4 Å². The molecule has 2 atom stereocenters. The first-order chi connectivity index (χ1) is 17.3. The Morgan fingerprint density at radius 2 is 1.92 bits per heavy atom. The number of nitrogens with zero attached hydrogens (tertiary/aromatic N) is 4. The van der Waals surface area contributed by atoms with Crippen LogP contribution in [0, 0.1) is 11.6 Å². The van der Waals surface area contributed by atoms with Crippen LogP contribution in [0.5, 0.6) is 0 Å². The Bertz CT molecular complexity index is 1360. The molecule has 0 spiro atoms. The van der Waals surface area contributed by atoms with E-state index in [2.05, 4.69) is 20.8 Å². The molecule has 4 aromatic rings. The summed E-state index contributed by atoms with van der Waals surface area (Å²) in [6.45, 7) is 2.83. The van der Waals surface area contributed by atoms with Crippen molar-refractivity contribution in [1.29, 1.82) is 0 Å². The third kappa shape index (κ3) is 5.70. The van der Waals surface area contributed by atoms with Crippen LogP contribution in [0.3, 0.4) is 0 Å². The first kappa shape index (κ1) is 26.8. The molecule has 11 heteroatoms. The number of rotatable bonds is 8. The number of hydrogen-bond acceptors (Lipinski definition) is 6. The number of hydrazine groups is 1. The quantitative estimate of drug-likeness (QED) is 0.276. The number of benzene rings is 3. The van der Waals surface area contributed by atoms with Gasteiger partial charge in [-0.1, -0.05) is 29.8 Å². The number of nitrogens with one attached hydrogen (secondary N) is 2. The molecule has 0 amide bonds. The topological polar surface area (TPSA) is 78.2 Å². The fourth-order valence-electron chi connectivity index (χ4n) is 4.46. The zero-order valence-corrected chi connectivity index (χ0v) is 21.5. The van der Waals surface area contributed by atoms with Crippen LogP contribution in [0.15, 0.2) is 73.3 Å². The molecule has 5 rings (SSSR count). The molecule has 0 saturated heterocycles. The summed E-state index contributed by atoms with van der Waals surface area (Å²) in [5, 5.41) is 21.9. The monoisotopic (exact) mass is 546 g/mol. The lowest BCUT2D eigenvalue weighted by Gasteiger charge is -2.39. The van der Waals surface area contributed by atoms with Gasteiger partial charge in [0.15, 0.2) is 0 Å². The van der Waals surface area contributed by atoms with E-state index in [0.717, 1.165) is 34.6 Å². The molecule has 7 nitrogen and oxygen atoms in total. The molecule has 0 unspecified atom stereocenters. The molecule has 0 radical (unpaired) electrons. The summed E-state index contributed by atoms with van der Waals surface area (Å²) in [6.07, 6.45) is 2.79. The molecule has 3 aromatic carbocycles. The molecule has 194 valence electrons. The highest BCUT2D eigenvalue weighted by molar-refractivity contribution is 6.30. The van der Waals surface area contributed by atoms with Gasteiger partial charge in [-0.25, -0.2) is 23.5 Å². The molecule has 0 bridgehead atoms. The van der Waals surface area contributed by atoms with E-state index >= 15 is 0 Å². The lowest BCUT2D eigenvalue weighted by atomic mass is 9.86. The first-order valence-corrected chi connectivity index (χ1v) is 11.8. The molecular weight excluding hydrogens is 521 g/mol. The van der Waals surface area contributed by atoms with Gasteiger partial charge in [0.25, 0.3) is 0 Å². The van der Waals surface area contributed by atoms with Crippen LogP contribution in [0.4, 0.5) is 20.2 Å². The van der Waals surface area contributed by atoms with E-state index in [1.165, 1.54) is 23.4 Å². The van der Waals surface area contributed by atoms with Crippen molar-refractivity contribution >= 4 is 35.4 Å². The highest BCUT2D eigenvalue weighted by Crippen LogP contribution is 2.37. The molecular formula is C26H26Cl2F2N6O. The van der Waals surface area contributed by atoms with Gasteiger partial charge in [0.05, 0.1) is 18.3 Å². The average molecular weight is 547 g/mol. The zero-order chi connectivity index (χ0) is 25.3. The second kappa shape index (κ2) is 11.0. The van der Waals surface area contributed by atoms with Gasteiger partial charge >= 0.3 is 0 Å². The SMILES string of the molecule is C[C@@H](N1Cc2cc(NCc3ccc(Cl)cc3)ccc2N1)[C@](O)(Cn1cncn1)c1ccc(F)cc1F.Cl. The van der Waals surface area contributed by atoms with Gasteiger partial charge in [-0.2, -0.15) is 5.10 Å². The van der Waals surface area contributed by atoms with Crippen LogP contribution < -0.4 is 10.7 Å². The summed E-state index contributed by atoms with van der Waals surface area (Å²) < 4.78 is 30.0. The number of aromatic nitrogens is 3. The van der Waals surface area contributed by atoms with Crippen LogP contribution >= 0.6 is 24.0 Å². The van der Waals surface area contributed by atoms with Gasteiger partial charge in [-0.05, 0) is 54.4 Å². The van der Waals surface area contributed by atoms with E-state index < -0.39 is 23.3 Å². The van der Waals surface area contributed by atoms with E-state index in [9.17, 15) is 13.9 Å².